The van der Waals surface area contributed by atoms with Crippen molar-refractivity contribution in [2.45, 2.75) is 57.4 Å². The molecule has 4 nitrogen and oxygen atoms in total. The second-order valence-electron chi connectivity index (χ2n) is 6.92. The highest BCUT2D eigenvalue weighted by molar-refractivity contribution is 7.80. The minimum absolute atomic E-state index is 0.215. The molecule has 2 aliphatic carbocycles. The molecule has 0 aromatic carbocycles. The van der Waals surface area contributed by atoms with Crippen LogP contribution in [0.2, 0.25) is 0 Å². The van der Waals surface area contributed by atoms with Crippen LogP contribution in [0.4, 0.5) is 0 Å². The molecule has 1 heterocycles. The largest absolute Gasteiger partial charge is 0.392 e. The van der Waals surface area contributed by atoms with Crippen LogP contribution in [0, 0.1) is 5.41 Å². The second-order valence-corrected chi connectivity index (χ2v) is 7.36. The lowest BCUT2D eigenvalue weighted by atomic mass is 9.78. The molecule has 3 aliphatic rings. The Labute approximate surface area is 133 Å². The van der Waals surface area contributed by atoms with Gasteiger partial charge in [-0.25, -0.2) is 0 Å². The summed E-state index contributed by atoms with van der Waals surface area (Å²) in [6, 6.07) is 0.796. The number of nitrogens with zero attached hydrogens (tertiary/aromatic N) is 2. The molecule has 3 fully saturated rings. The van der Waals surface area contributed by atoms with Crippen LogP contribution < -0.4 is 5.73 Å². The highest BCUT2D eigenvalue weighted by atomic mass is 32.1. The first-order valence-corrected chi connectivity index (χ1v) is 8.88. The summed E-state index contributed by atoms with van der Waals surface area (Å²) < 4.78 is 0. The molecule has 0 spiro atoms. The lowest BCUT2D eigenvalue weighted by molar-refractivity contribution is -0.140. The molecule has 1 saturated heterocycles. The number of hydrogen-bond donors (Lipinski definition) is 1. The van der Waals surface area contributed by atoms with Crippen LogP contribution in [0.3, 0.4) is 0 Å². The average Bonchev–Trinajstić information content (AvgIpc) is 3.33. The molecule has 2 saturated carbocycles. The molecule has 2 N–H and O–H groups in total. The second kappa shape index (κ2) is 6.21. The number of thiocarbonyl (C=S) groups is 1. The molecule has 1 amide bonds. The first kappa shape index (κ1) is 15.2. The Morgan fingerprint density at radius 1 is 1.00 bits per heavy atom. The first-order chi connectivity index (χ1) is 10.1. The first-order valence-electron chi connectivity index (χ1n) is 8.47. The third-order valence-corrected chi connectivity index (χ3v) is 5.89. The molecule has 3 rings (SSSR count). The quantitative estimate of drug-likeness (QED) is 0.639. The lowest BCUT2D eigenvalue weighted by Gasteiger charge is -2.40. The fourth-order valence-corrected chi connectivity index (χ4v) is 4.22. The molecular formula is C16H27N3OS. The van der Waals surface area contributed by atoms with E-state index < -0.39 is 5.41 Å². The summed E-state index contributed by atoms with van der Waals surface area (Å²) in [7, 11) is 0. The summed E-state index contributed by atoms with van der Waals surface area (Å²) >= 11 is 5.33. The Balaban J connectivity index is 1.67. The number of hydrogen-bond acceptors (Lipinski definition) is 3. The van der Waals surface area contributed by atoms with E-state index in [9.17, 15) is 4.79 Å². The third-order valence-electron chi connectivity index (χ3n) is 5.50. The third kappa shape index (κ3) is 3.09. The number of nitrogens with two attached hydrogens (primary N) is 1. The fraction of sp³-hybridized carbons (Fsp3) is 0.875. The van der Waals surface area contributed by atoms with Gasteiger partial charge in [0.25, 0.3) is 0 Å². The van der Waals surface area contributed by atoms with Crippen molar-refractivity contribution in [1.29, 1.82) is 0 Å². The monoisotopic (exact) mass is 309 g/mol. The molecule has 21 heavy (non-hydrogen) atoms. The summed E-state index contributed by atoms with van der Waals surface area (Å²) in [4.78, 5) is 18.1. The van der Waals surface area contributed by atoms with E-state index >= 15 is 0 Å². The fourth-order valence-electron chi connectivity index (χ4n) is 3.93. The number of carbonyl (C=O) groups is 1. The summed E-state index contributed by atoms with van der Waals surface area (Å²) in [5.74, 6) is 0.215. The topological polar surface area (TPSA) is 49.6 Å². The van der Waals surface area contributed by atoms with E-state index in [4.69, 9.17) is 18.0 Å². The van der Waals surface area contributed by atoms with E-state index in [1.807, 2.05) is 4.90 Å². The van der Waals surface area contributed by atoms with Crippen LogP contribution in [0.25, 0.3) is 0 Å². The maximum atomic E-state index is 13.1. The zero-order valence-electron chi connectivity index (χ0n) is 12.9. The van der Waals surface area contributed by atoms with Crippen LogP contribution >= 0.6 is 12.2 Å². The van der Waals surface area contributed by atoms with Gasteiger partial charge >= 0.3 is 0 Å². The van der Waals surface area contributed by atoms with Gasteiger partial charge in [-0.15, -0.1) is 0 Å². The predicted molar refractivity (Wildman–Crippen MR) is 88.1 cm³/mol. The van der Waals surface area contributed by atoms with Gasteiger partial charge in [0.2, 0.25) is 5.91 Å². The van der Waals surface area contributed by atoms with Gasteiger partial charge in [0, 0.05) is 32.2 Å². The highest BCUT2D eigenvalue weighted by Crippen LogP contribution is 2.38. The summed E-state index contributed by atoms with van der Waals surface area (Å²) in [5.41, 5.74) is 5.49. The van der Waals surface area contributed by atoms with E-state index in [1.165, 1.54) is 25.7 Å². The Bertz CT molecular complexity index is 406. The zero-order valence-corrected chi connectivity index (χ0v) is 13.7. The van der Waals surface area contributed by atoms with Gasteiger partial charge in [-0.05, 0) is 25.7 Å². The highest BCUT2D eigenvalue weighted by Gasteiger charge is 2.45. The molecule has 0 radical (unpaired) electrons. The van der Waals surface area contributed by atoms with E-state index in [0.29, 0.717) is 4.99 Å². The van der Waals surface area contributed by atoms with E-state index in [1.54, 1.807) is 0 Å². The van der Waals surface area contributed by atoms with Gasteiger partial charge in [0.1, 0.15) is 0 Å². The molecule has 118 valence electrons. The minimum atomic E-state index is -0.548. The Morgan fingerprint density at radius 3 is 2.05 bits per heavy atom. The van der Waals surface area contributed by atoms with Crippen molar-refractivity contribution in [3.63, 3.8) is 0 Å². The van der Waals surface area contributed by atoms with E-state index in [0.717, 1.165) is 57.9 Å². The normalized spacial score (nSPS) is 27.1. The van der Waals surface area contributed by atoms with Gasteiger partial charge in [-0.1, -0.05) is 37.9 Å². The number of piperazine rings is 1. The zero-order chi connectivity index (χ0) is 14.9. The SMILES string of the molecule is NC(=S)C1(C(=O)N2CCN(C3CC3)CC2)CCCCCC1. The van der Waals surface area contributed by atoms with Gasteiger partial charge in [0.15, 0.2) is 0 Å². The van der Waals surface area contributed by atoms with Crippen molar-refractivity contribution in [3.05, 3.63) is 0 Å². The van der Waals surface area contributed by atoms with Crippen molar-refractivity contribution in [2.24, 2.45) is 11.1 Å². The van der Waals surface area contributed by atoms with Crippen LogP contribution in [-0.4, -0.2) is 52.9 Å². The summed E-state index contributed by atoms with van der Waals surface area (Å²) in [6.45, 7) is 3.73. The molecule has 0 aromatic rings. The van der Waals surface area contributed by atoms with Gasteiger partial charge < -0.3 is 10.6 Å². The van der Waals surface area contributed by atoms with Gasteiger partial charge in [-0.2, -0.15) is 0 Å². The molecule has 0 bridgehead atoms. The Kier molecular flexibility index (Phi) is 4.50. The smallest absolute Gasteiger partial charge is 0.235 e. The van der Waals surface area contributed by atoms with Gasteiger partial charge in [-0.3, -0.25) is 9.69 Å². The van der Waals surface area contributed by atoms with Crippen molar-refractivity contribution in [3.8, 4) is 0 Å². The number of carbonyl (C=O) groups excluding carboxylic acids is 1. The van der Waals surface area contributed by atoms with E-state index in [-0.39, 0.29) is 5.91 Å². The van der Waals surface area contributed by atoms with Crippen LogP contribution in [-0.2, 0) is 4.79 Å². The summed E-state index contributed by atoms with van der Waals surface area (Å²) in [5, 5.41) is 0. The van der Waals surface area contributed by atoms with Crippen LogP contribution in [0.15, 0.2) is 0 Å². The standard InChI is InChI=1S/C16H27N3OS/c17-14(21)16(7-3-1-2-4-8-16)15(20)19-11-9-18(10-12-19)13-5-6-13/h13H,1-12H2,(H2,17,21). The summed E-state index contributed by atoms with van der Waals surface area (Å²) in [6.07, 6.45) is 8.93. The predicted octanol–water partition coefficient (Wildman–Crippen LogP) is 1.92. The molecule has 5 heteroatoms. The van der Waals surface area contributed by atoms with Gasteiger partial charge in [0.05, 0.1) is 10.4 Å². The minimum Gasteiger partial charge on any atom is -0.392 e. The molecule has 1 aliphatic heterocycles. The Hall–Kier alpha value is -0.680. The van der Waals surface area contributed by atoms with E-state index in [2.05, 4.69) is 4.90 Å². The number of amides is 1. The molecule has 0 unspecified atom stereocenters. The van der Waals surface area contributed by atoms with Crippen molar-refractivity contribution < 1.29 is 4.79 Å². The lowest BCUT2D eigenvalue weighted by Crippen LogP contribution is -2.56. The average molecular weight is 309 g/mol. The maximum Gasteiger partial charge on any atom is 0.235 e. The molecular weight excluding hydrogens is 282 g/mol. The maximum absolute atomic E-state index is 13.1. The van der Waals surface area contributed by atoms with Crippen molar-refractivity contribution >= 4 is 23.1 Å². The Morgan fingerprint density at radius 2 is 1.57 bits per heavy atom. The number of rotatable bonds is 3. The molecule has 0 aromatic heterocycles. The van der Waals surface area contributed by atoms with Crippen LogP contribution in [0.1, 0.15) is 51.4 Å². The van der Waals surface area contributed by atoms with Crippen LogP contribution in [0.5, 0.6) is 0 Å². The van der Waals surface area contributed by atoms with Crippen molar-refractivity contribution in [2.75, 3.05) is 26.2 Å². The van der Waals surface area contributed by atoms with Crippen molar-refractivity contribution in [1.82, 2.24) is 9.80 Å². The molecule has 0 atom stereocenters.